The molecule has 0 bridgehead atoms. The fraction of sp³-hybridized carbons (Fsp3) is 0.600. The van der Waals surface area contributed by atoms with Gasteiger partial charge in [-0.3, -0.25) is 0 Å². The minimum absolute atomic E-state index is 1.13. The molecular formula is C15H26. The summed E-state index contributed by atoms with van der Waals surface area (Å²) in [5.41, 5.74) is 0. The zero-order chi connectivity index (χ0) is 11.2. The van der Waals surface area contributed by atoms with E-state index in [-0.39, 0.29) is 0 Å². The molecule has 0 radical (unpaired) electrons. The van der Waals surface area contributed by atoms with Crippen LogP contribution in [-0.2, 0) is 0 Å². The molecule has 0 spiro atoms. The van der Waals surface area contributed by atoms with Crippen molar-refractivity contribution >= 4 is 0 Å². The van der Waals surface area contributed by atoms with E-state index in [9.17, 15) is 0 Å². The lowest BCUT2D eigenvalue weighted by atomic mass is 10.2. The van der Waals surface area contributed by atoms with Crippen LogP contribution in [0.2, 0.25) is 0 Å². The predicted octanol–water partition coefficient (Wildman–Crippen LogP) is 5.43. The van der Waals surface area contributed by atoms with Crippen molar-refractivity contribution in [3.63, 3.8) is 0 Å². The summed E-state index contributed by atoms with van der Waals surface area (Å²) in [6.45, 7) is 4.40. The van der Waals surface area contributed by atoms with Gasteiger partial charge in [-0.25, -0.2) is 0 Å². The van der Waals surface area contributed by atoms with E-state index in [0.717, 1.165) is 6.42 Å². The molecular weight excluding hydrogens is 180 g/mol. The molecule has 0 saturated heterocycles. The van der Waals surface area contributed by atoms with Crippen LogP contribution in [0.1, 0.15) is 58.8 Å². The Morgan fingerprint density at radius 3 is 2.07 bits per heavy atom. The fourth-order valence-electron chi connectivity index (χ4n) is 1.33. The first kappa shape index (κ1) is 14.2. The quantitative estimate of drug-likeness (QED) is 0.268. The van der Waals surface area contributed by atoms with E-state index in [1.54, 1.807) is 0 Å². The number of rotatable bonds is 9. The fourth-order valence-corrected chi connectivity index (χ4v) is 1.33. The van der Waals surface area contributed by atoms with Gasteiger partial charge in [0, 0.05) is 0 Å². The zero-order valence-corrected chi connectivity index (χ0v) is 10.4. The van der Waals surface area contributed by atoms with E-state index < -0.39 is 0 Å². The second-order valence-electron chi connectivity index (χ2n) is 3.81. The molecule has 0 aromatic carbocycles. The molecule has 0 fully saturated rings. The van der Waals surface area contributed by atoms with Gasteiger partial charge in [-0.2, -0.15) is 0 Å². The Morgan fingerprint density at radius 1 is 0.667 bits per heavy atom. The van der Waals surface area contributed by atoms with Crippen LogP contribution < -0.4 is 0 Å². The smallest absolute Gasteiger partial charge is 0.0313 e. The molecule has 0 unspecified atom stereocenters. The van der Waals surface area contributed by atoms with Crippen molar-refractivity contribution in [3.05, 3.63) is 36.5 Å². The van der Waals surface area contributed by atoms with E-state index in [0.29, 0.717) is 0 Å². The summed E-state index contributed by atoms with van der Waals surface area (Å²) in [4.78, 5) is 0. The molecule has 0 aliphatic carbocycles. The Labute approximate surface area is 95.8 Å². The molecule has 0 amide bonds. The summed E-state index contributed by atoms with van der Waals surface area (Å²) in [6.07, 6.45) is 22.1. The van der Waals surface area contributed by atoms with Gasteiger partial charge >= 0.3 is 0 Å². The van der Waals surface area contributed by atoms with Crippen LogP contribution in [-0.4, -0.2) is 0 Å². The summed E-state index contributed by atoms with van der Waals surface area (Å²) in [5.74, 6) is 0. The van der Waals surface area contributed by atoms with Crippen LogP contribution in [0.3, 0.4) is 0 Å². The number of allylic oxidation sites excluding steroid dienone is 6. The van der Waals surface area contributed by atoms with E-state index >= 15 is 0 Å². The lowest BCUT2D eigenvalue weighted by Gasteiger charge is -1.91. The number of hydrogen-bond donors (Lipinski definition) is 0. The van der Waals surface area contributed by atoms with Crippen molar-refractivity contribution in [1.82, 2.24) is 0 Å². The minimum Gasteiger partial charge on any atom is -0.0885 e. The summed E-state index contributed by atoms with van der Waals surface area (Å²) in [6, 6.07) is 0. The van der Waals surface area contributed by atoms with Crippen molar-refractivity contribution < 1.29 is 0 Å². The highest BCUT2D eigenvalue weighted by atomic mass is 13.9. The molecule has 0 saturated carbocycles. The Hall–Kier alpha value is -0.780. The van der Waals surface area contributed by atoms with Gasteiger partial charge in [0.2, 0.25) is 0 Å². The molecule has 86 valence electrons. The summed E-state index contributed by atoms with van der Waals surface area (Å²) >= 11 is 0. The lowest BCUT2D eigenvalue weighted by Crippen LogP contribution is -1.71. The van der Waals surface area contributed by atoms with Gasteiger partial charge in [0.1, 0.15) is 0 Å². The van der Waals surface area contributed by atoms with Crippen LogP contribution in [0, 0.1) is 0 Å². The average Bonchev–Trinajstić information content (AvgIpc) is 2.26. The van der Waals surface area contributed by atoms with E-state index in [1.807, 2.05) is 0 Å². The average molecular weight is 206 g/mol. The maximum atomic E-state index is 2.32. The number of hydrogen-bond acceptors (Lipinski definition) is 0. The maximum Gasteiger partial charge on any atom is -0.0313 e. The van der Waals surface area contributed by atoms with Gasteiger partial charge in [-0.05, 0) is 32.1 Å². The first-order chi connectivity index (χ1) is 7.41. The Balaban J connectivity index is 3.22. The van der Waals surface area contributed by atoms with Crippen LogP contribution in [0.15, 0.2) is 36.5 Å². The first-order valence-corrected chi connectivity index (χ1v) is 6.38. The van der Waals surface area contributed by atoms with Crippen LogP contribution in [0.5, 0.6) is 0 Å². The number of unbranched alkanes of at least 4 members (excludes halogenated alkanes) is 4. The van der Waals surface area contributed by atoms with Crippen molar-refractivity contribution in [3.8, 4) is 0 Å². The topological polar surface area (TPSA) is 0 Å². The largest absolute Gasteiger partial charge is 0.0885 e. The highest BCUT2D eigenvalue weighted by molar-refractivity contribution is 5.02. The zero-order valence-electron chi connectivity index (χ0n) is 10.4. The Bertz CT molecular complexity index is 184. The van der Waals surface area contributed by atoms with E-state index in [1.165, 1.54) is 38.5 Å². The summed E-state index contributed by atoms with van der Waals surface area (Å²) in [7, 11) is 0. The van der Waals surface area contributed by atoms with Gasteiger partial charge in [0.25, 0.3) is 0 Å². The molecule has 0 heteroatoms. The van der Waals surface area contributed by atoms with Crippen molar-refractivity contribution in [2.75, 3.05) is 0 Å². The third-order valence-electron chi connectivity index (χ3n) is 2.26. The normalized spacial score (nSPS) is 12.4. The van der Waals surface area contributed by atoms with Gasteiger partial charge in [0.05, 0.1) is 0 Å². The maximum absolute atomic E-state index is 2.32. The first-order valence-electron chi connectivity index (χ1n) is 6.38. The second-order valence-corrected chi connectivity index (χ2v) is 3.81. The van der Waals surface area contributed by atoms with Crippen molar-refractivity contribution in [2.45, 2.75) is 58.8 Å². The third kappa shape index (κ3) is 13.2. The molecule has 0 N–H and O–H groups in total. The predicted molar refractivity (Wildman–Crippen MR) is 71.1 cm³/mol. The van der Waals surface area contributed by atoms with Crippen molar-refractivity contribution in [2.24, 2.45) is 0 Å². The molecule has 0 aliphatic heterocycles. The van der Waals surface area contributed by atoms with Gasteiger partial charge < -0.3 is 0 Å². The monoisotopic (exact) mass is 206 g/mol. The standard InChI is InChI=1S/C15H26/c1-3-5-7-9-11-13-15-14-12-10-8-6-4-2/h5,7,9,11-12,14H,3-4,6,8,10,13,15H2,1-2H3/b7-5+,11-9-,14-12-. The molecule has 0 rings (SSSR count). The van der Waals surface area contributed by atoms with Gasteiger partial charge in [0.15, 0.2) is 0 Å². The summed E-state index contributed by atoms with van der Waals surface area (Å²) in [5, 5.41) is 0. The molecule has 0 aromatic rings. The molecule has 0 heterocycles. The Kier molecular flexibility index (Phi) is 12.5. The highest BCUT2D eigenvalue weighted by Gasteiger charge is 1.81. The van der Waals surface area contributed by atoms with E-state index in [2.05, 4.69) is 50.3 Å². The van der Waals surface area contributed by atoms with Crippen molar-refractivity contribution in [1.29, 1.82) is 0 Å². The minimum atomic E-state index is 1.13. The molecule has 15 heavy (non-hydrogen) atoms. The second kappa shape index (κ2) is 13.2. The van der Waals surface area contributed by atoms with E-state index in [4.69, 9.17) is 0 Å². The van der Waals surface area contributed by atoms with Crippen LogP contribution in [0.4, 0.5) is 0 Å². The molecule has 0 aliphatic rings. The Morgan fingerprint density at radius 2 is 1.33 bits per heavy atom. The highest BCUT2D eigenvalue weighted by Crippen LogP contribution is 2.01. The van der Waals surface area contributed by atoms with Gasteiger partial charge in [-0.15, -0.1) is 0 Å². The van der Waals surface area contributed by atoms with Crippen LogP contribution in [0.25, 0.3) is 0 Å². The summed E-state index contributed by atoms with van der Waals surface area (Å²) < 4.78 is 0. The van der Waals surface area contributed by atoms with Crippen LogP contribution >= 0.6 is 0 Å². The molecule has 0 aromatic heterocycles. The lowest BCUT2D eigenvalue weighted by molar-refractivity contribution is 0.728. The SMILES string of the molecule is CC/C=C/C=C\CC/C=C\CCCCC. The third-order valence-corrected chi connectivity index (χ3v) is 2.26. The molecule has 0 nitrogen and oxygen atoms in total. The van der Waals surface area contributed by atoms with Gasteiger partial charge in [-0.1, -0.05) is 63.1 Å². The molecule has 0 atom stereocenters.